The lowest BCUT2D eigenvalue weighted by Crippen LogP contribution is -2.53. The molecule has 0 fully saturated rings. The number of nitrogens with zero attached hydrogens (tertiary/aromatic N) is 3. The van der Waals surface area contributed by atoms with Crippen molar-refractivity contribution in [1.29, 1.82) is 0 Å². The van der Waals surface area contributed by atoms with Crippen LogP contribution < -0.4 is 0 Å². The van der Waals surface area contributed by atoms with E-state index in [1.807, 2.05) is 30.3 Å². The third-order valence-corrected chi connectivity index (χ3v) is 4.59. The maximum atomic E-state index is 13.1. The van der Waals surface area contributed by atoms with Crippen molar-refractivity contribution in [3.05, 3.63) is 53.6 Å². The molecule has 0 unspecified atom stereocenters. The molecule has 148 valence electrons. The molecule has 0 bridgehead atoms. The molecule has 2 N–H and O–H groups in total. The van der Waals surface area contributed by atoms with E-state index >= 15 is 0 Å². The average molecular weight is 386 g/mol. The Morgan fingerprint density at radius 1 is 1.29 bits per heavy atom. The molecular formula is C19H22N4O5. The van der Waals surface area contributed by atoms with E-state index in [1.165, 1.54) is 11.2 Å². The fourth-order valence-electron chi connectivity index (χ4n) is 3.22. The molecule has 9 nitrogen and oxygen atoms in total. The van der Waals surface area contributed by atoms with E-state index in [9.17, 15) is 14.4 Å². The first kappa shape index (κ1) is 19.6. The van der Waals surface area contributed by atoms with Gasteiger partial charge < -0.3 is 24.6 Å². The van der Waals surface area contributed by atoms with Crippen LogP contribution >= 0.6 is 0 Å². The first-order chi connectivity index (χ1) is 13.5. The van der Waals surface area contributed by atoms with Gasteiger partial charge in [-0.25, -0.2) is 9.78 Å². The number of likely N-dealkylation sites (N-methyl/N-ethyl adjacent to an activating group) is 1. The van der Waals surface area contributed by atoms with E-state index in [0.29, 0.717) is 13.0 Å². The Bertz CT molecular complexity index is 851. The summed E-state index contributed by atoms with van der Waals surface area (Å²) in [6.45, 7) is -0.356. The maximum absolute atomic E-state index is 13.1. The minimum atomic E-state index is -1.16. The van der Waals surface area contributed by atoms with Crippen molar-refractivity contribution in [1.82, 2.24) is 19.8 Å². The number of benzene rings is 1. The Morgan fingerprint density at radius 3 is 2.75 bits per heavy atom. The largest absolute Gasteiger partial charge is 0.480 e. The van der Waals surface area contributed by atoms with E-state index in [1.54, 1.807) is 11.9 Å². The summed E-state index contributed by atoms with van der Waals surface area (Å²) in [5, 5.41) is 8.67. The van der Waals surface area contributed by atoms with Crippen LogP contribution in [0.3, 0.4) is 0 Å². The van der Waals surface area contributed by atoms with E-state index in [4.69, 9.17) is 9.84 Å². The van der Waals surface area contributed by atoms with Crippen LogP contribution in [0, 0.1) is 0 Å². The molecule has 2 aromatic rings. The van der Waals surface area contributed by atoms with Crippen molar-refractivity contribution >= 4 is 17.8 Å². The third-order valence-electron chi connectivity index (χ3n) is 4.59. The number of aromatic amines is 1. The summed E-state index contributed by atoms with van der Waals surface area (Å²) in [5.41, 5.74) is 2.50. The molecule has 0 saturated carbocycles. The van der Waals surface area contributed by atoms with Crippen molar-refractivity contribution in [3.63, 3.8) is 0 Å². The third kappa shape index (κ3) is 4.55. The number of aliphatic carboxylic acids is 1. The Kier molecular flexibility index (Phi) is 6.05. The van der Waals surface area contributed by atoms with E-state index in [2.05, 4.69) is 9.97 Å². The highest BCUT2D eigenvalue weighted by Crippen LogP contribution is 2.22. The lowest BCUT2D eigenvalue weighted by Gasteiger charge is -2.36. The molecule has 2 amide bonds. The van der Waals surface area contributed by atoms with Crippen molar-refractivity contribution in [3.8, 4) is 0 Å². The lowest BCUT2D eigenvalue weighted by atomic mass is 10.0. The number of nitrogens with one attached hydrogen (secondary N) is 1. The van der Waals surface area contributed by atoms with E-state index in [0.717, 1.165) is 17.0 Å². The van der Waals surface area contributed by atoms with Gasteiger partial charge in [-0.15, -0.1) is 0 Å². The fraction of sp³-hybridized carbons (Fsp3) is 0.368. The number of hydrogen-bond donors (Lipinski definition) is 2. The molecule has 0 aliphatic carbocycles. The standard InChI is InChI=1S/C19H22N4O5/c1-22(8-13-5-3-2-4-6-13)19(27)16-7-14-15(21-12-20-14)9-23(16)17(24)10-28-11-18(25)26/h2-6,12,16H,7-11H2,1H3,(H,20,21)(H,25,26)/t16-/m0/s1. The Balaban J connectivity index is 1.73. The minimum absolute atomic E-state index is 0.195. The molecule has 1 atom stereocenters. The topological polar surface area (TPSA) is 116 Å². The first-order valence-electron chi connectivity index (χ1n) is 8.84. The average Bonchev–Trinajstić information content (AvgIpc) is 3.14. The van der Waals surface area contributed by atoms with Crippen LogP contribution in [0.4, 0.5) is 0 Å². The highest BCUT2D eigenvalue weighted by molar-refractivity contribution is 5.88. The summed E-state index contributed by atoms with van der Waals surface area (Å²) in [6, 6.07) is 8.85. The van der Waals surface area contributed by atoms with Gasteiger partial charge in [-0.1, -0.05) is 30.3 Å². The normalized spacial score (nSPS) is 15.8. The second-order valence-corrected chi connectivity index (χ2v) is 6.64. The van der Waals surface area contributed by atoms with Gasteiger partial charge in [0.2, 0.25) is 11.8 Å². The van der Waals surface area contributed by atoms with Crippen molar-refractivity contribution in [2.45, 2.75) is 25.6 Å². The highest BCUT2D eigenvalue weighted by Gasteiger charge is 2.37. The molecule has 0 radical (unpaired) electrons. The van der Waals surface area contributed by atoms with Crippen LogP contribution in [0.1, 0.15) is 17.0 Å². The second-order valence-electron chi connectivity index (χ2n) is 6.64. The van der Waals surface area contributed by atoms with Gasteiger partial charge in [0.15, 0.2) is 0 Å². The highest BCUT2D eigenvalue weighted by atomic mass is 16.5. The summed E-state index contributed by atoms with van der Waals surface area (Å²) < 4.78 is 4.92. The molecule has 1 aliphatic rings. The molecule has 9 heteroatoms. The zero-order valence-electron chi connectivity index (χ0n) is 15.5. The number of ether oxygens (including phenoxy) is 1. The number of carboxylic acid groups (broad SMARTS) is 1. The van der Waals surface area contributed by atoms with Crippen molar-refractivity contribution in [2.24, 2.45) is 0 Å². The number of carbonyl (C=O) groups is 3. The number of H-pyrrole nitrogens is 1. The van der Waals surface area contributed by atoms with Gasteiger partial charge in [0.05, 0.1) is 24.3 Å². The van der Waals surface area contributed by atoms with Gasteiger partial charge in [0, 0.05) is 20.0 Å². The zero-order chi connectivity index (χ0) is 20.1. The number of carbonyl (C=O) groups excluding carboxylic acids is 2. The van der Waals surface area contributed by atoms with Gasteiger partial charge in [0.1, 0.15) is 19.3 Å². The number of carboxylic acids is 1. The SMILES string of the molecule is CN(Cc1ccccc1)C(=O)[C@@H]1Cc2nc[nH]c2CN1C(=O)COCC(=O)O. The van der Waals surface area contributed by atoms with Crippen molar-refractivity contribution < 1.29 is 24.2 Å². The number of rotatable bonds is 7. The number of fused-ring (bicyclic) bond motifs is 1. The fourth-order valence-corrected chi connectivity index (χ4v) is 3.22. The Morgan fingerprint density at radius 2 is 2.04 bits per heavy atom. The van der Waals surface area contributed by atoms with Crippen LogP contribution in [-0.4, -0.2) is 69.0 Å². The summed E-state index contributed by atoms with van der Waals surface area (Å²) in [7, 11) is 1.69. The van der Waals surface area contributed by atoms with Gasteiger partial charge >= 0.3 is 5.97 Å². The summed E-state index contributed by atoms with van der Waals surface area (Å²) in [4.78, 5) is 46.5. The second kappa shape index (κ2) is 8.66. The molecule has 2 heterocycles. The predicted octanol–water partition coefficient (Wildman–Crippen LogP) is 0.423. The van der Waals surface area contributed by atoms with Gasteiger partial charge in [-0.3, -0.25) is 9.59 Å². The van der Waals surface area contributed by atoms with Gasteiger partial charge in [-0.2, -0.15) is 0 Å². The molecule has 0 spiro atoms. The van der Waals surface area contributed by atoms with E-state index < -0.39 is 31.1 Å². The Labute approximate surface area is 161 Å². The van der Waals surface area contributed by atoms with E-state index in [-0.39, 0.29) is 12.5 Å². The molecule has 1 aliphatic heterocycles. The summed E-state index contributed by atoms with van der Waals surface area (Å²) in [5.74, 6) is -1.80. The summed E-state index contributed by atoms with van der Waals surface area (Å²) >= 11 is 0. The molecule has 28 heavy (non-hydrogen) atoms. The molecular weight excluding hydrogens is 364 g/mol. The van der Waals surface area contributed by atoms with Crippen molar-refractivity contribution in [2.75, 3.05) is 20.3 Å². The van der Waals surface area contributed by atoms with Crippen LogP contribution in [0.25, 0.3) is 0 Å². The minimum Gasteiger partial charge on any atom is -0.480 e. The molecule has 3 rings (SSSR count). The maximum Gasteiger partial charge on any atom is 0.329 e. The van der Waals surface area contributed by atoms with Crippen LogP contribution in [-0.2, 0) is 38.6 Å². The molecule has 1 aromatic carbocycles. The quantitative estimate of drug-likeness (QED) is 0.713. The number of imidazole rings is 1. The number of amides is 2. The number of aromatic nitrogens is 2. The Hall–Kier alpha value is -3.20. The first-order valence-corrected chi connectivity index (χ1v) is 8.84. The zero-order valence-corrected chi connectivity index (χ0v) is 15.5. The monoisotopic (exact) mass is 386 g/mol. The van der Waals surface area contributed by atoms with Crippen LogP contribution in [0.2, 0.25) is 0 Å². The van der Waals surface area contributed by atoms with Gasteiger partial charge in [-0.05, 0) is 5.56 Å². The van der Waals surface area contributed by atoms with Crippen LogP contribution in [0.15, 0.2) is 36.7 Å². The van der Waals surface area contributed by atoms with Gasteiger partial charge in [0.25, 0.3) is 0 Å². The summed E-state index contributed by atoms with van der Waals surface area (Å²) in [6.07, 6.45) is 1.83. The smallest absolute Gasteiger partial charge is 0.329 e. The number of hydrogen-bond acceptors (Lipinski definition) is 5. The van der Waals surface area contributed by atoms with Crippen LogP contribution in [0.5, 0.6) is 0 Å². The lowest BCUT2D eigenvalue weighted by molar-refractivity contribution is -0.152. The molecule has 1 aromatic heterocycles. The molecule has 0 saturated heterocycles. The predicted molar refractivity (Wildman–Crippen MR) is 98.0 cm³/mol.